The summed E-state index contributed by atoms with van der Waals surface area (Å²) in [5.74, 6) is -2.81. The van der Waals surface area contributed by atoms with Gasteiger partial charge in [0.25, 0.3) is 0 Å². The van der Waals surface area contributed by atoms with E-state index in [0.29, 0.717) is 16.9 Å². The second-order valence-electron chi connectivity index (χ2n) is 11.5. The molecule has 10 nitrogen and oxygen atoms in total. The van der Waals surface area contributed by atoms with Gasteiger partial charge < -0.3 is 31.2 Å². The van der Waals surface area contributed by atoms with Crippen molar-refractivity contribution in [2.75, 3.05) is 36.6 Å². The fourth-order valence-electron chi connectivity index (χ4n) is 6.20. The molecule has 5 aromatic rings. The van der Waals surface area contributed by atoms with Crippen LogP contribution in [-0.4, -0.2) is 47.3 Å². The van der Waals surface area contributed by atoms with Crippen LogP contribution in [0.25, 0.3) is 32.1 Å². The molecule has 5 N–H and O–H groups in total. The third-order valence-electron chi connectivity index (χ3n) is 8.51. The molecule has 0 aliphatic carbocycles. The SMILES string of the molecule is CCCC(NC)C(C)Oc1nc2c3c(c(C(F)(F)F)c(-c4ccc(F)c5sc(N)c(C#N)c45)c(F)c3n1)OCCN2Cc1cccnc1N. The number of halogens is 5. The third kappa shape index (κ3) is 5.97. The van der Waals surface area contributed by atoms with E-state index < -0.39 is 51.9 Å². The lowest BCUT2D eigenvalue weighted by atomic mass is 9.91. The first-order valence-electron chi connectivity index (χ1n) is 15.4. The maximum absolute atomic E-state index is 17.2. The van der Waals surface area contributed by atoms with E-state index in [4.69, 9.17) is 20.9 Å². The summed E-state index contributed by atoms with van der Waals surface area (Å²) in [6, 6.07) is 6.67. The summed E-state index contributed by atoms with van der Waals surface area (Å²) >= 11 is 0.681. The minimum atomic E-state index is -5.20. The number of benzene rings is 2. The van der Waals surface area contributed by atoms with Crippen LogP contribution in [0.2, 0.25) is 0 Å². The fourth-order valence-corrected chi connectivity index (χ4v) is 7.15. The van der Waals surface area contributed by atoms with E-state index in [0.717, 1.165) is 25.0 Å². The molecule has 49 heavy (non-hydrogen) atoms. The van der Waals surface area contributed by atoms with Crippen LogP contribution in [0.15, 0.2) is 30.5 Å². The van der Waals surface area contributed by atoms with E-state index in [9.17, 15) is 9.65 Å². The van der Waals surface area contributed by atoms with Gasteiger partial charge in [0.15, 0.2) is 5.82 Å². The maximum atomic E-state index is 17.2. The largest absolute Gasteiger partial charge is 0.490 e. The highest BCUT2D eigenvalue weighted by molar-refractivity contribution is 7.23. The number of anilines is 3. The Balaban J connectivity index is 1.70. The third-order valence-corrected chi connectivity index (χ3v) is 9.53. The summed E-state index contributed by atoms with van der Waals surface area (Å²) in [5, 5.41) is 12.3. The number of pyridine rings is 1. The normalized spacial score (nSPS) is 14.4. The summed E-state index contributed by atoms with van der Waals surface area (Å²) in [7, 11) is 1.76. The number of ether oxygens (including phenoxy) is 2. The number of hydrogen-bond acceptors (Lipinski definition) is 11. The summed E-state index contributed by atoms with van der Waals surface area (Å²) in [6.07, 6.45) is -2.67. The molecular weight excluding hydrogens is 667 g/mol. The lowest BCUT2D eigenvalue weighted by molar-refractivity contribution is -0.138. The van der Waals surface area contributed by atoms with Crippen molar-refractivity contribution in [3.8, 4) is 29.0 Å². The molecule has 1 aliphatic heterocycles. The summed E-state index contributed by atoms with van der Waals surface area (Å²) in [5.41, 5.74) is 9.01. The fraction of sp³-hybridized carbons (Fsp3) is 0.333. The number of alkyl halides is 3. The van der Waals surface area contributed by atoms with E-state index in [1.807, 2.05) is 13.0 Å². The number of nitrogens with one attached hydrogen (secondary N) is 1. The monoisotopic (exact) mass is 698 g/mol. The molecule has 2 aromatic carbocycles. The Bertz CT molecular complexity index is 2120. The van der Waals surface area contributed by atoms with Gasteiger partial charge in [-0.15, -0.1) is 11.3 Å². The molecule has 16 heteroatoms. The first-order valence-corrected chi connectivity index (χ1v) is 16.2. The highest BCUT2D eigenvalue weighted by Gasteiger charge is 2.44. The molecule has 3 aromatic heterocycles. The van der Waals surface area contributed by atoms with Crippen molar-refractivity contribution in [2.24, 2.45) is 0 Å². The number of hydrogen-bond donors (Lipinski definition) is 3. The van der Waals surface area contributed by atoms with Gasteiger partial charge in [-0.05, 0) is 38.1 Å². The molecule has 256 valence electrons. The summed E-state index contributed by atoms with van der Waals surface area (Å²) < 4.78 is 89.8. The molecule has 2 unspecified atom stereocenters. The Morgan fingerprint density at radius 1 is 1.18 bits per heavy atom. The van der Waals surface area contributed by atoms with Gasteiger partial charge in [0.1, 0.15) is 58.1 Å². The molecule has 0 saturated carbocycles. The van der Waals surface area contributed by atoms with Crippen LogP contribution in [0, 0.1) is 23.0 Å². The van der Waals surface area contributed by atoms with Crippen LogP contribution in [0.3, 0.4) is 0 Å². The highest BCUT2D eigenvalue weighted by atomic mass is 32.1. The zero-order chi connectivity index (χ0) is 35.2. The van der Waals surface area contributed by atoms with Crippen molar-refractivity contribution in [1.29, 1.82) is 5.26 Å². The van der Waals surface area contributed by atoms with Crippen molar-refractivity contribution in [2.45, 2.75) is 51.6 Å². The molecule has 0 saturated heterocycles. The highest BCUT2D eigenvalue weighted by Crippen LogP contribution is 2.53. The summed E-state index contributed by atoms with van der Waals surface area (Å²) in [6.45, 7) is 3.58. The second kappa shape index (κ2) is 13.1. The standard InChI is InChI=1S/C33H31F5N8O2S/c1-4-6-20(42-3)15(2)48-32-44-26-23-27(47-12-11-46(31(23)45-32)14-16-7-5-10-43-29(16)40)24(33(36,37)38)22(25(26)35)17-8-9-19(34)28-21(17)18(13-39)30(41)49-28/h5,7-10,15,20,42H,4,6,11-12,14,41H2,1-3H3,(H2,40,43). The first-order chi connectivity index (χ1) is 23.4. The second-order valence-corrected chi connectivity index (χ2v) is 12.6. The molecule has 0 spiro atoms. The van der Waals surface area contributed by atoms with Crippen molar-refractivity contribution < 1.29 is 31.4 Å². The van der Waals surface area contributed by atoms with Gasteiger partial charge >= 0.3 is 12.2 Å². The van der Waals surface area contributed by atoms with Crippen molar-refractivity contribution in [1.82, 2.24) is 20.3 Å². The van der Waals surface area contributed by atoms with Gasteiger partial charge in [0, 0.05) is 35.3 Å². The average molecular weight is 699 g/mol. The van der Waals surface area contributed by atoms with Crippen LogP contribution in [0.4, 0.5) is 38.6 Å². The van der Waals surface area contributed by atoms with Crippen LogP contribution in [0.1, 0.15) is 43.4 Å². The van der Waals surface area contributed by atoms with Gasteiger partial charge in [-0.25, -0.2) is 13.8 Å². The Morgan fingerprint density at radius 2 is 1.96 bits per heavy atom. The quantitative estimate of drug-likeness (QED) is 0.141. The molecule has 4 heterocycles. The Labute approximate surface area is 281 Å². The maximum Gasteiger partial charge on any atom is 0.420 e. The number of nitrogens with two attached hydrogens (primary N) is 2. The average Bonchev–Trinajstić information content (AvgIpc) is 3.30. The minimum Gasteiger partial charge on any atom is -0.490 e. The molecule has 0 radical (unpaired) electrons. The van der Waals surface area contributed by atoms with Crippen LogP contribution in [-0.2, 0) is 12.7 Å². The number of likely N-dealkylation sites (N-methyl/N-ethyl adjacent to an activating group) is 1. The topological polar surface area (TPSA) is 148 Å². The molecule has 0 fully saturated rings. The number of aromatic nitrogens is 3. The van der Waals surface area contributed by atoms with Crippen molar-refractivity contribution in [3.63, 3.8) is 0 Å². The Kier molecular flexibility index (Phi) is 9.07. The van der Waals surface area contributed by atoms with Gasteiger partial charge in [0.05, 0.1) is 22.2 Å². The van der Waals surface area contributed by atoms with Crippen LogP contribution < -0.4 is 31.2 Å². The molecule has 6 rings (SSSR count). The van der Waals surface area contributed by atoms with E-state index in [1.165, 1.54) is 6.20 Å². The predicted molar refractivity (Wildman–Crippen MR) is 177 cm³/mol. The number of nitrogens with zero attached hydrogens (tertiary/aromatic N) is 5. The van der Waals surface area contributed by atoms with Gasteiger partial charge in [-0.2, -0.15) is 28.4 Å². The molecule has 0 amide bonds. The van der Waals surface area contributed by atoms with Crippen LogP contribution >= 0.6 is 11.3 Å². The van der Waals surface area contributed by atoms with Crippen molar-refractivity contribution >= 4 is 49.0 Å². The van der Waals surface area contributed by atoms with E-state index >= 15 is 17.6 Å². The molecule has 1 aliphatic rings. The molecule has 2 atom stereocenters. The smallest absolute Gasteiger partial charge is 0.420 e. The van der Waals surface area contributed by atoms with Gasteiger partial charge in [-0.3, -0.25) is 0 Å². The van der Waals surface area contributed by atoms with E-state index in [1.54, 1.807) is 31.0 Å². The zero-order valence-electron chi connectivity index (χ0n) is 26.6. The number of nitrogen functional groups attached to an aromatic ring is 2. The molecular formula is C33H31F5N8O2S. The number of fused-ring (bicyclic) bond motifs is 1. The molecule has 0 bridgehead atoms. The Hall–Kier alpha value is -5.01. The zero-order valence-corrected chi connectivity index (χ0v) is 27.4. The van der Waals surface area contributed by atoms with E-state index in [2.05, 4.69) is 20.3 Å². The number of nitriles is 1. The Morgan fingerprint density at radius 3 is 2.63 bits per heavy atom. The summed E-state index contributed by atoms with van der Waals surface area (Å²) in [4.78, 5) is 14.6. The van der Waals surface area contributed by atoms with Crippen LogP contribution in [0.5, 0.6) is 11.8 Å². The lowest BCUT2D eigenvalue weighted by Crippen LogP contribution is -2.39. The predicted octanol–water partition coefficient (Wildman–Crippen LogP) is 6.79. The lowest BCUT2D eigenvalue weighted by Gasteiger charge is -2.26. The number of thiophene rings is 1. The minimum absolute atomic E-state index is 0.0216. The van der Waals surface area contributed by atoms with E-state index in [-0.39, 0.29) is 69.4 Å². The van der Waals surface area contributed by atoms with Crippen molar-refractivity contribution in [3.05, 3.63) is 58.8 Å². The van der Waals surface area contributed by atoms with Gasteiger partial charge in [0.2, 0.25) is 0 Å². The van der Waals surface area contributed by atoms with Gasteiger partial charge in [-0.1, -0.05) is 25.5 Å². The first kappa shape index (κ1) is 33.9. The number of rotatable bonds is 9.